The Labute approximate surface area is 253 Å². The van der Waals surface area contributed by atoms with E-state index in [0.717, 1.165) is 36.8 Å². The molecule has 0 aliphatic rings. The third kappa shape index (κ3) is 7.07. The highest BCUT2D eigenvalue weighted by atomic mass is 19.1. The zero-order valence-electron chi connectivity index (χ0n) is 26.5. The van der Waals surface area contributed by atoms with Gasteiger partial charge in [0.15, 0.2) is 5.82 Å². The lowest BCUT2D eigenvalue weighted by molar-refractivity contribution is 0.0695. The zero-order chi connectivity index (χ0) is 32.0. The van der Waals surface area contributed by atoms with Crippen molar-refractivity contribution in [2.24, 2.45) is 18.9 Å². The topological polar surface area (TPSA) is 100 Å². The molecule has 7 nitrogen and oxygen atoms in total. The fourth-order valence-electron chi connectivity index (χ4n) is 5.89. The van der Waals surface area contributed by atoms with Gasteiger partial charge in [-0.25, -0.2) is 14.2 Å². The Balaban J connectivity index is 2.30. The number of hydrogen-bond donors (Lipinski definition) is 3. The lowest BCUT2D eigenvalue weighted by Crippen LogP contribution is -2.18. The van der Waals surface area contributed by atoms with E-state index in [1.54, 1.807) is 38.5 Å². The van der Waals surface area contributed by atoms with Gasteiger partial charge in [0.25, 0.3) is 0 Å². The molecule has 230 valence electrons. The summed E-state index contributed by atoms with van der Waals surface area (Å²) in [6, 6.07) is 1.64. The number of aromatic amines is 1. The summed E-state index contributed by atoms with van der Waals surface area (Å²) >= 11 is 0. The van der Waals surface area contributed by atoms with E-state index >= 15 is 4.39 Å². The molecule has 1 unspecified atom stereocenters. The Morgan fingerprint density at radius 2 is 2.00 bits per heavy atom. The third-order valence-corrected chi connectivity index (χ3v) is 8.42. The average Bonchev–Trinajstić information content (AvgIpc) is 3.27. The number of pyridine rings is 2. The summed E-state index contributed by atoms with van der Waals surface area (Å²) in [5, 5.41) is 12.8. The Morgan fingerprint density at radius 1 is 1.30 bits per heavy atom. The minimum atomic E-state index is -1.31. The van der Waals surface area contributed by atoms with Crippen molar-refractivity contribution < 1.29 is 14.3 Å². The van der Waals surface area contributed by atoms with Crippen molar-refractivity contribution in [1.29, 1.82) is 0 Å². The first-order chi connectivity index (χ1) is 20.4. The fourth-order valence-corrected chi connectivity index (χ4v) is 5.89. The van der Waals surface area contributed by atoms with Crippen molar-refractivity contribution >= 4 is 33.8 Å². The van der Waals surface area contributed by atoms with Gasteiger partial charge < -0.3 is 20.0 Å². The molecule has 0 spiro atoms. The van der Waals surface area contributed by atoms with Crippen LogP contribution in [0, 0.1) is 24.6 Å². The molecule has 0 saturated carbocycles. The second-order valence-electron chi connectivity index (χ2n) is 11.4. The summed E-state index contributed by atoms with van der Waals surface area (Å²) in [6.07, 6.45) is 10.9. The van der Waals surface area contributed by atoms with Crippen LogP contribution in [-0.2, 0) is 7.05 Å². The highest BCUT2D eigenvalue weighted by molar-refractivity contribution is 5.99. The van der Waals surface area contributed by atoms with Crippen LogP contribution in [0.15, 0.2) is 54.1 Å². The van der Waals surface area contributed by atoms with Crippen LogP contribution in [0.3, 0.4) is 0 Å². The predicted molar refractivity (Wildman–Crippen MR) is 175 cm³/mol. The van der Waals surface area contributed by atoms with Gasteiger partial charge in [-0.2, -0.15) is 0 Å². The van der Waals surface area contributed by atoms with Gasteiger partial charge in [0.1, 0.15) is 11.2 Å². The van der Waals surface area contributed by atoms with E-state index in [9.17, 15) is 14.7 Å². The number of halogens is 1. The van der Waals surface area contributed by atoms with Crippen LogP contribution in [0.2, 0.25) is 0 Å². The van der Waals surface area contributed by atoms with Gasteiger partial charge in [-0.1, -0.05) is 58.4 Å². The molecule has 3 heterocycles. The minimum absolute atomic E-state index is 0.176. The first kappa shape index (κ1) is 33.3. The normalized spacial score (nSPS) is 13.9. The fraction of sp³-hybridized carbons (Fsp3) is 0.400. The Bertz CT molecular complexity index is 1660. The molecule has 43 heavy (non-hydrogen) atoms. The summed E-state index contributed by atoms with van der Waals surface area (Å²) < 4.78 is 18.0. The highest BCUT2D eigenvalue weighted by Crippen LogP contribution is 2.38. The Hall–Kier alpha value is -4.20. The molecule has 3 aromatic heterocycles. The number of nitrogens with zero attached hydrogens (tertiary/aromatic N) is 2. The number of H-pyrrole nitrogens is 1. The van der Waals surface area contributed by atoms with Crippen molar-refractivity contribution in [3.8, 4) is 0 Å². The van der Waals surface area contributed by atoms with Crippen LogP contribution in [0.4, 0.5) is 4.39 Å². The zero-order valence-corrected chi connectivity index (χ0v) is 26.5. The maximum Gasteiger partial charge on any atom is 0.341 e. The van der Waals surface area contributed by atoms with E-state index in [-0.39, 0.29) is 16.8 Å². The molecule has 3 N–H and O–H groups in total. The van der Waals surface area contributed by atoms with Crippen LogP contribution >= 0.6 is 0 Å². The first-order valence-electron chi connectivity index (χ1n) is 14.9. The number of carboxylic acids is 1. The lowest BCUT2D eigenvalue weighted by Gasteiger charge is -2.22. The van der Waals surface area contributed by atoms with E-state index in [1.807, 2.05) is 13.8 Å². The maximum absolute atomic E-state index is 16.4. The van der Waals surface area contributed by atoms with Gasteiger partial charge in [0, 0.05) is 43.3 Å². The van der Waals surface area contributed by atoms with E-state index in [4.69, 9.17) is 0 Å². The number of carboxylic acid groups (broad SMARTS) is 1. The monoisotopic (exact) mass is 588 g/mol. The molecule has 0 aliphatic heterocycles. The summed E-state index contributed by atoms with van der Waals surface area (Å²) in [6.45, 7) is 18.4. The van der Waals surface area contributed by atoms with E-state index in [0.29, 0.717) is 57.7 Å². The van der Waals surface area contributed by atoms with Crippen molar-refractivity contribution in [3.63, 3.8) is 0 Å². The quantitative estimate of drug-likeness (QED) is 0.166. The van der Waals surface area contributed by atoms with E-state index < -0.39 is 11.4 Å². The van der Waals surface area contributed by atoms with Crippen LogP contribution in [-0.4, -0.2) is 32.7 Å². The molecular weight excluding hydrogens is 543 g/mol. The smallest absolute Gasteiger partial charge is 0.341 e. The third-order valence-electron chi connectivity index (χ3n) is 8.42. The van der Waals surface area contributed by atoms with Gasteiger partial charge in [-0.15, -0.1) is 0 Å². The molecule has 2 atom stereocenters. The van der Waals surface area contributed by atoms with Gasteiger partial charge in [-0.3, -0.25) is 4.79 Å². The largest absolute Gasteiger partial charge is 0.477 e. The molecule has 0 fully saturated rings. The van der Waals surface area contributed by atoms with Crippen molar-refractivity contribution in [3.05, 3.63) is 93.5 Å². The van der Waals surface area contributed by atoms with Gasteiger partial charge >= 0.3 is 5.97 Å². The molecule has 0 amide bonds. The molecule has 0 aromatic carbocycles. The second kappa shape index (κ2) is 14.3. The molecule has 3 aromatic rings. The molecule has 3 rings (SSSR count). The second-order valence-corrected chi connectivity index (χ2v) is 11.4. The summed E-state index contributed by atoms with van der Waals surface area (Å²) in [5.41, 5.74) is 4.19. The van der Waals surface area contributed by atoms with Crippen molar-refractivity contribution in [2.45, 2.75) is 66.7 Å². The molecule has 0 bridgehead atoms. The maximum atomic E-state index is 16.4. The van der Waals surface area contributed by atoms with Crippen LogP contribution in [0.5, 0.6) is 0 Å². The number of aryl methyl sites for hydroxylation is 2. The Kier molecular flexibility index (Phi) is 11.1. The number of aromatic carboxylic acids is 1. The molecule has 0 radical (unpaired) electrons. The summed E-state index contributed by atoms with van der Waals surface area (Å²) in [7, 11) is 3.39. The number of fused-ring (bicyclic) bond motifs is 1. The first-order valence-corrected chi connectivity index (χ1v) is 14.9. The van der Waals surface area contributed by atoms with E-state index in [2.05, 4.69) is 49.2 Å². The number of hydrogen-bond acceptors (Lipinski definition) is 4. The Morgan fingerprint density at radius 3 is 2.56 bits per heavy atom. The summed E-state index contributed by atoms with van der Waals surface area (Å²) in [4.78, 5) is 32.7. The molecule has 0 saturated heterocycles. The number of rotatable bonds is 14. The summed E-state index contributed by atoms with van der Waals surface area (Å²) in [5.74, 6) is -0.551. The van der Waals surface area contributed by atoms with Gasteiger partial charge in [-0.05, 0) is 68.2 Å². The van der Waals surface area contributed by atoms with Crippen LogP contribution in [0.25, 0.3) is 27.9 Å². The van der Waals surface area contributed by atoms with Gasteiger partial charge in [0.05, 0.1) is 16.8 Å². The average molecular weight is 589 g/mol. The SMILES string of the molecule is C=C/C(=C(/CCC[C@@H](CC)C(C)CC)c1c(C)[nH]c(/C(=C\C(=C)C)NC)c1F)c1cnc2c(c1)c(=O)c(C(=O)O)cn2C. The van der Waals surface area contributed by atoms with Crippen LogP contribution in [0.1, 0.15) is 92.7 Å². The molecular formula is C35H45FN4O3. The number of carbonyl (C=O) groups is 1. The van der Waals surface area contributed by atoms with E-state index in [1.165, 1.54) is 10.8 Å². The lowest BCUT2D eigenvalue weighted by atomic mass is 9.83. The van der Waals surface area contributed by atoms with Crippen molar-refractivity contribution in [1.82, 2.24) is 19.9 Å². The van der Waals surface area contributed by atoms with Gasteiger partial charge in [0.2, 0.25) is 5.43 Å². The molecule has 0 aliphatic carbocycles. The highest BCUT2D eigenvalue weighted by Gasteiger charge is 2.24. The molecule has 8 heteroatoms. The predicted octanol–water partition coefficient (Wildman–Crippen LogP) is 7.88. The standard InChI is InChI=1S/C35H45FN4O3/c1-10-21(6)23(11-2)14-13-15-26(30-22(7)39-32(31(30)36)29(37-8)16-20(4)5)25(12-3)24-17-27-33(41)28(35(42)43)19-40(9)34(27)38-18-24/h12,16-19,21,23,37,39H,3-4,10-11,13-15H2,1-2,5-9H3,(H,42,43)/b26-25+,29-16+/t21?,23-/m1/s1. The number of allylic oxidation sites excluding steroid dienone is 5. The number of aromatic nitrogens is 3. The number of nitrogens with one attached hydrogen (secondary N) is 2. The minimum Gasteiger partial charge on any atom is -0.477 e. The van der Waals surface area contributed by atoms with Crippen LogP contribution < -0.4 is 10.7 Å². The van der Waals surface area contributed by atoms with Crippen molar-refractivity contribution in [2.75, 3.05) is 7.05 Å².